The highest BCUT2D eigenvalue weighted by Gasteiger charge is 2.21. The van der Waals surface area contributed by atoms with Gasteiger partial charge in [0.25, 0.3) is 0 Å². The fraction of sp³-hybridized carbons (Fsp3) is 0.409. The third kappa shape index (κ3) is 4.88. The molecule has 4 rings (SSSR count). The summed E-state index contributed by atoms with van der Waals surface area (Å²) in [5, 5.41) is 17.2. The van der Waals surface area contributed by atoms with Crippen LogP contribution in [0.3, 0.4) is 0 Å². The number of nitrogens with zero attached hydrogens (tertiary/aromatic N) is 3. The van der Waals surface area contributed by atoms with Crippen molar-refractivity contribution in [3.8, 4) is 16.3 Å². The number of ether oxygens (including phenoxy) is 1. The van der Waals surface area contributed by atoms with E-state index in [2.05, 4.69) is 29.5 Å². The van der Waals surface area contributed by atoms with Crippen LogP contribution in [0.25, 0.3) is 10.6 Å². The number of aromatic nitrogens is 3. The van der Waals surface area contributed by atoms with E-state index in [-0.39, 0.29) is 11.9 Å². The van der Waals surface area contributed by atoms with Crippen LogP contribution >= 0.6 is 11.3 Å². The molecular weight excluding hydrogens is 398 g/mol. The lowest BCUT2D eigenvalue weighted by atomic mass is 10.0. The predicted molar refractivity (Wildman–Crippen MR) is 121 cm³/mol. The lowest BCUT2D eigenvalue weighted by molar-refractivity contribution is 0.120. The summed E-state index contributed by atoms with van der Waals surface area (Å²) in [6.45, 7) is 5.99. The first-order chi connectivity index (χ1) is 14.6. The number of phenolic OH excluding ortho intramolecular Hbond substituents is 1. The van der Waals surface area contributed by atoms with Gasteiger partial charge in [0.2, 0.25) is 5.95 Å². The Bertz CT molecular complexity index is 987. The van der Waals surface area contributed by atoms with E-state index in [4.69, 9.17) is 14.7 Å². The van der Waals surface area contributed by atoms with Gasteiger partial charge >= 0.3 is 0 Å². The Hall–Kier alpha value is -2.71. The highest BCUT2D eigenvalue weighted by Crippen LogP contribution is 2.37. The second-order valence-corrected chi connectivity index (χ2v) is 8.50. The van der Waals surface area contributed by atoms with Crippen LogP contribution in [-0.4, -0.2) is 39.3 Å². The standard InChI is InChI=1S/C22H27N5O2S/c1-3-14(2)19-20(30-22(27-19)24-13-17-8-5-11-29-17)18-9-10-23-21(26-18)25-15-6-4-7-16(28)12-15/h4,6-7,9-10,12,14,17,28H,3,5,8,11,13H2,1-2H3,(H,24,27)(H,23,25,26). The van der Waals surface area contributed by atoms with Gasteiger partial charge in [0.1, 0.15) is 5.75 Å². The molecule has 30 heavy (non-hydrogen) atoms. The minimum absolute atomic E-state index is 0.194. The van der Waals surface area contributed by atoms with Crippen molar-refractivity contribution in [3.63, 3.8) is 0 Å². The Balaban J connectivity index is 1.58. The van der Waals surface area contributed by atoms with E-state index in [0.717, 1.165) is 59.5 Å². The van der Waals surface area contributed by atoms with Crippen molar-refractivity contribution >= 4 is 28.1 Å². The maximum atomic E-state index is 9.68. The third-order valence-electron chi connectivity index (χ3n) is 5.23. The van der Waals surface area contributed by atoms with Crippen LogP contribution in [0.5, 0.6) is 5.75 Å². The minimum atomic E-state index is 0.194. The molecule has 8 heteroatoms. The average Bonchev–Trinajstić information content (AvgIpc) is 3.42. The fourth-order valence-corrected chi connectivity index (χ4v) is 4.45. The lowest BCUT2D eigenvalue weighted by Gasteiger charge is -2.09. The highest BCUT2D eigenvalue weighted by molar-refractivity contribution is 7.19. The molecule has 7 nitrogen and oxygen atoms in total. The quantitative estimate of drug-likeness (QED) is 0.459. The van der Waals surface area contributed by atoms with Gasteiger partial charge in [-0.15, -0.1) is 0 Å². The maximum absolute atomic E-state index is 9.68. The van der Waals surface area contributed by atoms with E-state index < -0.39 is 0 Å². The molecule has 2 aromatic heterocycles. The molecule has 1 aliphatic rings. The maximum Gasteiger partial charge on any atom is 0.227 e. The summed E-state index contributed by atoms with van der Waals surface area (Å²) in [6.07, 6.45) is 5.23. The van der Waals surface area contributed by atoms with Crippen molar-refractivity contribution in [2.45, 2.75) is 45.1 Å². The Morgan fingerprint density at radius 2 is 2.20 bits per heavy atom. The Morgan fingerprint density at radius 3 is 2.97 bits per heavy atom. The molecule has 0 aliphatic carbocycles. The Kier molecular flexibility index (Phi) is 6.44. The van der Waals surface area contributed by atoms with Crippen LogP contribution in [0.15, 0.2) is 36.5 Å². The fourth-order valence-electron chi connectivity index (χ4n) is 3.38. The lowest BCUT2D eigenvalue weighted by Crippen LogP contribution is -2.18. The molecule has 3 aromatic rings. The number of nitrogens with one attached hydrogen (secondary N) is 2. The first-order valence-electron chi connectivity index (χ1n) is 10.4. The zero-order valence-electron chi connectivity index (χ0n) is 17.3. The van der Waals surface area contributed by atoms with E-state index >= 15 is 0 Å². The second kappa shape index (κ2) is 9.40. The summed E-state index contributed by atoms with van der Waals surface area (Å²) >= 11 is 1.62. The second-order valence-electron chi connectivity index (χ2n) is 7.50. The first-order valence-corrected chi connectivity index (χ1v) is 11.2. The van der Waals surface area contributed by atoms with Crippen molar-refractivity contribution in [1.29, 1.82) is 0 Å². The van der Waals surface area contributed by atoms with E-state index in [0.29, 0.717) is 11.9 Å². The Labute approximate surface area is 180 Å². The first kappa shape index (κ1) is 20.6. The summed E-state index contributed by atoms with van der Waals surface area (Å²) < 4.78 is 5.71. The zero-order chi connectivity index (χ0) is 20.9. The van der Waals surface area contributed by atoms with E-state index in [1.165, 1.54) is 0 Å². The number of rotatable bonds is 8. The van der Waals surface area contributed by atoms with Crippen molar-refractivity contribution in [3.05, 3.63) is 42.2 Å². The summed E-state index contributed by atoms with van der Waals surface area (Å²) in [6, 6.07) is 8.82. The van der Waals surface area contributed by atoms with Crippen LogP contribution in [0.4, 0.5) is 16.8 Å². The SMILES string of the molecule is CCC(C)c1nc(NCC2CCCO2)sc1-c1ccnc(Nc2cccc(O)c2)n1. The van der Waals surface area contributed by atoms with Crippen LogP contribution in [0.2, 0.25) is 0 Å². The molecular formula is C22H27N5O2S. The molecule has 1 aromatic carbocycles. The third-order valence-corrected chi connectivity index (χ3v) is 6.28. The smallest absolute Gasteiger partial charge is 0.227 e. The van der Waals surface area contributed by atoms with Gasteiger partial charge in [-0.05, 0) is 43.4 Å². The Morgan fingerprint density at radius 1 is 1.30 bits per heavy atom. The average molecular weight is 426 g/mol. The molecule has 0 radical (unpaired) electrons. The van der Waals surface area contributed by atoms with E-state index in [1.54, 1.807) is 35.7 Å². The summed E-state index contributed by atoms with van der Waals surface area (Å²) in [5.74, 6) is 1.00. The molecule has 158 valence electrons. The van der Waals surface area contributed by atoms with Crippen molar-refractivity contribution in [2.24, 2.45) is 0 Å². The molecule has 3 N–H and O–H groups in total. The van der Waals surface area contributed by atoms with Gasteiger partial charge in [-0.25, -0.2) is 15.0 Å². The molecule has 0 bridgehead atoms. The molecule has 2 unspecified atom stereocenters. The van der Waals surface area contributed by atoms with Gasteiger partial charge in [0.05, 0.1) is 22.4 Å². The minimum Gasteiger partial charge on any atom is -0.508 e. The van der Waals surface area contributed by atoms with E-state index in [9.17, 15) is 5.11 Å². The number of aromatic hydroxyl groups is 1. The van der Waals surface area contributed by atoms with Crippen LogP contribution < -0.4 is 10.6 Å². The molecule has 0 saturated carbocycles. The van der Waals surface area contributed by atoms with Crippen molar-refractivity contribution in [2.75, 3.05) is 23.8 Å². The molecule has 1 saturated heterocycles. The molecule has 1 aliphatic heterocycles. The molecule has 0 amide bonds. The van der Waals surface area contributed by atoms with Gasteiger partial charge in [-0.2, -0.15) is 0 Å². The molecule has 3 heterocycles. The topological polar surface area (TPSA) is 92.2 Å². The van der Waals surface area contributed by atoms with Crippen LogP contribution in [-0.2, 0) is 4.74 Å². The summed E-state index contributed by atoms with van der Waals surface area (Å²) in [7, 11) is 0. The van der Waals surface area contributed by atoms with Gasteiger partial charge < -0.3 is 20.5 Å². The van der Waals surface area contributed by atoms with Gasteiger partial charge in [0.15, 0.2) is 5.13 Å². The number of hydrogen-bond donors (Lipinski definition) is 3. The molecule has 2 atom stereocenters. The number of hydrogen-bond acceptors (Lipinski definition) is 8. The van der Waals surface area contributed by atoms with Crippen LogP contribution in [0.1, 0.15) is 44.7 Å². The molecule has 1 fully saturated rings. The normalized spacial score (nSPS) is 17.1. The van der Waals surface area contributed by atoms with Gasteiger partial charge in [-0.1, -0.05) is 31.3 Å². The van der Waals surface area contributed by atoms with Gasteiger partial charge in [-0.3, -0.25) is 0 Å². The highest BCUT2D eigenvalue weighted by atomic mass is 32.1. The number of benzene rings is 1. The number of thiazole rings is 1. The number of anilines is 3. The van der Waals surface area contributed by atoms with Crippen molar-refractivity contribution in [1.82, 2.24) is 15.0 Å². The molecule has 0 spiro atoms. The monoisotopic (exact) mass is 425 g/mol. The predicted octanol–water partition coefficient (Wildman–Crippen LogP) is 5.15. The zero-order valence-corrected chi connectivity index (χ0v) is 18.1. The number of phenols is 1. The van der Waals surface area contributed by atoms with E-state index in [1.807, 2.05) is 12.1 Å². The van der Waals surface area contributed by atoms with Crippen molar-refractivity contribution < 1.29 is 9.84 Å². The van der Waals surface area contributed by atoms with Gasteiger partial charge in [0, 0.05) is 31.1 Å². The summed E-state index contributed by atoms with van der Waals surface area (Å²) in [4.78, 5) is 15.0. The van der Waals surface area contributed by atoms with Crippen LogP contribution in [0, 0.1) is 0 Å². The summed E-state index contributed by atoms with van der Waals surface area (Å²) in [5.41, 5.74) is 2.63. The largest absolute Gasteiger partial charge is 0.508 e.